The minimum Gasteiger partial charge on any atom is -0.367 e. The van der Waals surface area contributed by atoms with Gasteiger partial charge in [0.25, 0.3) is 0 Å². The fourth-order valence-electron chi connectivity index (χ4n) is 3.27. The fraction of sp³-hybridized carbons (Fsp3) is 0.400. The van der Waals surface area contributed by atoms with Gasteiger partial charge in [-0.1, -0.05) is 12.1 Å². The van der Waals surface area contributed by atoms with Crippen molar-refractivity contribution >= 4 is 11.8 Å². The summed E-state index contributed by atoms with van der Waals surface area (Å²) in [5.74, 6) is -0.117. The number of carbonyl (C=O) groups is 2. The molecule has 1 aliphatic rings. The third kappa shape index (κ3) is 4.94. The first-order valence-corrected chi connectivity index (χ1v) is 9.03. The summed E-state index contributed by atoms with van der Waals surface area (Å²) in [6, 6.07) is 8.27. The maximum Gasteiger partial charge on any atom is 0.227 e. The van der Waals surface area contributed by atoms with Crippen molar-refractivity contribution in [3.63, 3.8) is 0 Å². The Morgan fingerprint density at radius 1 is 1.00 bits per heavy atom. The van der Waals surface area contributed by atoms with E-state index in [1.807, 2.05) is 34.3 Å². The van der Waals surface area contributed by atoms with Crippen molar-refractivity contribution in [3.05, 3.63) is 59.7 Å². The Morgan fingerprint density at radius 3 is 2.46 bits per heavy atom. The third-order valence-electron chi connectivity index (χ3n) is 4.74. The largest absolute Gasteiger partial charge is 0.367 e. The number of carbonyl (C=O) groups excluding carboxylic acids is 2. The summed E-state index contributed by atoms with van der Waals surface area (Å²) < 4.78 is 13.2. The van der Waals surface area contributed by atoms with E-state index in [-0.39, 0.29) is 17.6 Å². The van der Waals surface area contributed by atoms with Crippen LogP contribution in [-0.2, 0) is 22.4 Å². The summed E-state index contributed by atoms with van der Waals surface area (Å²) in [6.07, 6.45) is 5.70. The van der Waals surface area contributed by atoms with Gasteiger partial charge in [-0.05, 0) is 42.2 Å². The van der Waals surface area contributed by atoms with Crippen LogP contribution in [0.4, 0.5) is 4.39 Å². The number of nitrogens with zero attached hydrogens (tertiary/aromatic N) is 2. The minimum atomic E-state index is -0.277. The molecule has 1 fully saturated rings. The highest BCUT2D eigenvalue weighted by Gasteiger charge is 2.22. The normalized spacial score (nSPS) is 15.0. The average molecular weight is 357 g/mol. The van der Waals surface area contributed by atoms with E-state index in [1.165, 1.54) is 12.1 Å². The standard InChI is InChI=1S/C20H24FN3O2/c21-18-4-1-3-16(13-18)5-6-19(25)23-9-2-10-24(12-11-23)20(26)14-17-7-8-22-15-17/h1,3-4,7-8,13,15,22H,2,5-6,9-12,14H2. The fourth-order valence-corrected chi connectivity index (χ4v) is 3.27. The molecule has 0 saturated carbocycles. The van der Waals surface area contributed by atoms with Crippen molar-refractivity contribution in [1.29, 1.82) is 0 Å². The molecule has 5 nitrogen and oxygen atoms in total. The van der Waals surface area contributed by atoms with Crippen LogP contribution in [0, 0.1) is 5.82 Å². The summed E-state index contributed by atoms with van der Waals surface area (Å²) in [5.41, 5.74) is 1.80. The van der Waals surface area contributed by atoms with Crippen LogP contribution in [0.2, 0.25) is 0 Å². The van der Waals surface area contributed by atoms with Crippen LogP contribution in [0.15, 0.2) is 42.7 Å². The molecular weight excluding hydrogens is 333 g/mol. The second-order valence-electron chi connectivity index (χ2n) is 6.64. The van der Waals surface area contributed by atoms with E-state index in [1.54, 1.807) is 6.07 Å². The van der Waals surface area contributed by atoms with Crippen molar-refractivity contribution in [2.45, 2.75) is 25.7 Å². The molecule has 2 amide bonds. The number of benzene rings is 1. The zero-order chi connectivity index (χ0) is 18.4. The number of H-pyrrole nitrogens is 1. The van der Waals surface area contributed by atoms with Gasteiger partial charge in [0.2, 0.25) is 11.8 Å². The number of nitrogens with one attached hydrogen (secondary N) is 1. The molecule has 3 rings (SSSR count). The van der Waals surface area contributed by atoms with E-state index in [4.69, 9.17) is 0 Å². The molecule has 1 N–H and O–H groups in total. The first-order chi connectivity index (χ1) is 12.6. The predicted molar refractivity (Wildman–Crippen MR) is 97.0 cm³/mol. The highest BCUT2D eigenvalue weighted by molar-refractivity contribution is 5.79. The summed E-state index contributed by atoms with van der Waals surface area (Å²) in [6.45, 7) is 2.46. The lowest BCUT2D eigenvalue weighted by Crippen LogP contribution is -2.38. The average Bonchev–Trinajstić information content (AvgIpc) is 3.01. The van der Waals surface area contributed by atoms with Crippen LogP contribution in [0.1, 0.15) is 24.0 Å². The highest BCUT2D eigenvalue weighted by Crippen LogP contribution is 2.11. The quantitative estimate of drug-likeness (QED) is 0.893. The van der Waals surface area contributed by atoms with Crippen molar-refractivity contribution in [2.75, 3.05) is 26.2 Å². The van der Waals surface area contributed by atoms with Crippen molar-refractivity contribution in [3.8, 4) is 0 Å². The number of amides is 2. The Hall–Kier alpha value is -2.63. The van der Waals surface area contributed by atoms with E-state index in [0.717, 1.165) is 17.5 Å². The second kappa shape index (κ2) is 8.65. The van der Waals surface area contributed by atoms with Gasteiger partial charge in [0.05, 0.1) is 6.42 Å². The Kier molecular flexibility index (Phi) is 6.04. The van der Waals surface area contributed by atoms with Crippen LogP contribution in [0.25, 0.3) is 0 Å². The number of aromatic amines is 1. The number of aromatic nitrogens is 1. The molecule has 2 aromatic rings. The molecule has 0 spiro atoms. The molecule has 0 aliphatic carbocycles. The Balaban J connectivity index is 1.48. The van der Waals surface area contributed by atoms with Gasteiger partial charge in [-0.3, -0.25) is 9.59 Å². The van der Waals surface area contributed by atoms with E-state index < -0.39 is 0 Å². The molecule has 0 unspecified atom stereocenters. The zero-order valence-electron chi connectivity index (χ0n) is 14.8. The molecule has 138 valence electrons. The Morgan fingerprint density at radius 2 is 1.77 bits per heavy atom. The molecule has 1 aliphatic heterocycles. The first kappa shape index (κ1) is 18.2. The molecule has 0 atom stereocenters. The zero-order valence-corrected chi connectivity index (χ0v) is 14.8. The van der Waals surface area contributed by atoms with Crippen molar-refractivity contribution in [2.24, 2.45) is 0 Å². The monoisotopic (exact) mass is 357 g/mol. The van der Waals surface area contributed by atoms with Crippen molar-refractivity contribution < 1.29 is 14.0 Å². The van der Waals surface area contributed by atoms with E-state index in [2.05, 4.69) is 4.98 Å². The number of rotatable bonds is 5. The lowest BCUT2D eigenvalue weighted by atomic mass is 10.1. The topological polar surface area (TPSA) is 56.4 Å². The smallest absolute Gasteiger partial charge is 0.227 e. The van der Waals surface area contributed by atoms with Crippen LogP contribution in [0.5, 0.6) is 0 Å². The van der Waals surface area contributed by atoms with Crippen LogP contribution >= 0.6 is 0 Å². The molecule has 26 heavy (non-hydrogen) atoms. The number of aryl methyl sites for hydroxylation is 1. The van der Waals surface area contributed by atoms with Crippen LogP contribution in [0.3, 0.4) is 0 Å². The Labute approximate surface area is 152 Å². The van der Waals surface area contributed by atoms with Gasteiger partial charge in [-0.2, -0.15) is 0 Å². The minimum absolute atomic E-state index is 0.0641. The molecule has 6 heteroatoms. The van der Waals surface area contributed by atoms with Gasteiger partial charge < -0.3 is 14.8 Å². The third-order valence-corrected chi connectivity index (χ3v) is 4.74. The lowest BCUT2D eigenvalue weighted by Gasteiger charge is -2.22. The number of hydrogen-bond acceptors (Lipinski definition) is 2. The predicted octanol–water partition coefficient (Wildman–Crippen LogP) is 2.39. The summed E-state index contributed by atoms with van der Waals surface area (Å²) in [5, 5.41) is 0. The van der Waals surface area contributed by atoms with E-state index in [9.17, 15) is 14.0 Å². The molecular formula is C20H24FN3O2. The molecule has 0 radical (unpaired) electrons. The van der Waals surface area contributed by atoms with Gasteiger partial charge in [0.1, 0.15) is 5.82 Å². The van der Waals surface area contributed by atoms with Gasteiger partial charge in [0, 0.05) is 45.0 Å². The molecule has 1 aromatic heterocycles. The lowest BCUT2D eigenvalue weighted by molar-refractivity contribution is -0.133. The molecule has 2 heterocycles. The number of halogens is 1. The molecule has 0 bridgehead atoms. The van der Waals surface area contributed by atoms with Crippen LogP contribution < -0.4 is 0 Å². The Bertz CT molecular complexity index is 745. The maximum absolute atomic E-state index is 13.2. The summed E-state index contributed by atoms with van der Waals surface area (Å²) in [7, 11) is 0. The molecule has 1 aromatic carbocycles. The van der Waals surface area contributed by atoms with E-state index >= 15 is 0 Å². The van der Waals surface area contributed by atoms with Gasteiger partial charge in [-0.15, -0.1) is 0 Å². The maximum atomic E-state index is 13.2. The summed E-state index contributed by atoms with van der Waals surface area (Å²) in [4.78, 5) is 31.5. The van der Waals surface area contributed by atoms with Gasteiger partial charge in [-0.25, -0.2) is 4.39 Å². The van der Waals surface area contributed by atoms with Crippen molar-refractivity contribution in [1.82, 2.24) is 14.8 Å². The van der Waals surface area contributed by atoms with Gasteiger partial charge >= 0.3 is 0 Å². The van der Waals surface area contributed by atoms with Gasteiger partial charge in [0.15, 0.2) is 0 Å². The SMILES string of the molecule is O=C(CCc1cccc(F)c1)N1CCCN(C(=O)Cc2cc[nH]c2)CC1. The number of hydrogen-bond donors (Lipinski definition) is 1. The summed E-state index contributed by atoms with van der Waals surface area (Å²) >= 11 is 0. The highest BCUT2D eigenvalue weighted by atomic mass is 19.1. The first-order valence-electron chi connectivity index (χ1n) is 9.03. The van der Waals surface area contributed by atoms with E-state index in [0.29, 0.717) is 45.4 Å². The second-order valence-corrected chi connectivity index (χ2v) is 6.64. The van der Waals surface area contributed by atoms with Crippen LogP contribution in [-0.4, -0.2) is 52.8 Å². The molecule has 1 saturated heterocycles.